The van der Waals surface area contributed by atoms with Crippen LogP contribution in [0.25, 0.3) is 6.08 Å². The van der Waals surface area contributed by atoms with E-state index >= 15 is 0 Å². The fourth-order valence-electron chi connectivity index (χ4n) is 3.50. The van der Waals surface area contributed by atoms with Gasteiger partial charge in [-0.1, -0.05) is 30.3 Å². The van der Waals surface area contributed by atoms with Crippen molar-refractivity contribution in [2.24, 2.45) is 5.92 Å². The van der Waals surface area contributed by atoms with Crippen LogP contribution in [0.1, 0.15) is 24.0 Å². The molecule has 30 heavy (non-hydrogen) atoms. The van der Waals surface area contributed by atoms with Crippen LogP contribution in [0.4, 0.5) is 0 Å². The summed E-state index contributed by atoms with van der Waals surface area (Å²) in [6.45, 7) is 1.58. The Labute approximate surface area is 177 Å². The van der Waals surface area contributed by atoms with Crippen molar-refractivity contribution in [2.45, 2.75) is 19.4 Å². The molecule has 158 valence electrons. The highest BCUT2D eigenvalue weighted by molar-refractivity contribution is 5.92. The van der Waals surface area contributed by atoms with Crippen LogP contribution in [0, 0.1) is 5.92 Å². The van der Waals surface area contributed by atoms with E-state index in [1.807, 2.05) is 48.5 Å². The maximum absolute atomic E-state index is 12.6. The van der Waals surface area contributed by atoms with Gasteiger partial charge in [0, 0.05) is 37.7 Å². The summed E-state index contributed by atoms with van der Waals surface area (Å²) >= 11 is 0. The van der Waals surface area contributed by atoms with Crippen LogP contribution in [0.15, 0.2) is 54.6 Å². The van der Waals surface area contributed by atoms with Crippen LogP contribution < -0.4 is 14.8 Å². The lowest BCUT2D eigenvalue weighted by Crippen LogP contribution is -2.42. The highest BCUT2D eigenvalue weighted by Gasteiger charge is 2.26. The number of nitrogens with zero attached hydrogens (tertiary/aromatic N) is 1. The first-order chi connectivity index (χ1) is 14.6. The zero-order valence-corrected chi connectivity index (χ0v) is 17.5. The third-order valence-electron chi connectivity index (χ3n) is 5.27. The maximum atomic E-state index is 12.6. The SMILES string of the molecule is COc1cc(CNC(=O)C2CCN(C(=O)/C=C/c3ccccc3)CC2)cc(OC)c1. The molecule has 2 aromatic rings. The standard InChI is InChI=1S/C24H28N2O4/c1-29-21-14-19(15-22(16-21)30-2)17-25-24(28)20-10-12-26(13-11-20)23(27)9-8-18-6-4-3-5-7-18/h3-9,14-16,20H,10-13,17H2,1-2H3,(H,25,28)/b9-8+. The van der Waals surface area contributed by atoms with Gasteiger partial charge in [0.25, 0.3) is 0 Å². The molecular weight excluding hydrogens is 380 g/mol. The molecule has 6 nitrogen and oxygen atoms in total. The Balaban J connectivity index is 1.47. The summed E-state index contributed by atoms with van der Waals surface area (Å²) in [4.78, 5) is 26.8. The van der Waals surface area contributed by atoms with Gasteiger partial charge >= 0.3 is 0 Å². The molecule has 0 aromatic heterocycles. The molecule has 1 heterocycles. The fourth-order valence-corrected chi connectivity index (χ4v) is 3.50. The molecule has 0 saturated carbocycles. The fraction of sp³-hybridized carbons (Fsp3) is 0.333. The number of amides is 2. The van der Waals surface area contributed by atoms with Gasteiger partial charge in [0.15, 0.2) is 0 Å². The summed E-state index contributed by atoms with van der Waals surface area (Å²) in [6, 6.07) is 15.3. The Morgan fingerprint density at radius 1 is 1.03 bits per heavy atom. The molecule has 0 radical (unpaired) electrons. The van der Waals surface area contributed by atoms with Gasteiger partial charge in [-0.3, -0.25) is 9.59 Å². The number of ether oxygens (including phenoxy) is 2. The first kappa shape index (κ1) is 21.4. The molecular formula is C24H28N2O4. The van der Waals surface area contributed by atoms with Crippen molar-refractivity contribution in [3.63, 3.8) is 0 Å². The van der Waals surface area contributed by atoms with Gasteiger partial charge in [-0.15, -0.1) is 0 Å². The quantitative estimate of drug-likeness (QED) is 0.714. The molecule has 6 heteroatoms. The van der Waals surface area contributed by atoms with E-state index in [4.69, 9.17) is 9.47 Å². The number of rotatable bonds is 7. The second-order valence-corrected chi connectivity index (χ2v) is 7.28. The van der Waals surface area contributed by atoms with E-state index in [-0.39, 0.29) is 17.7 Å². The Morgan fingerprint density at radius 3 is 2.27 bits per heavy atom. The lowest BCUT2D eigenvalue weighted by atomic mass is 9.95. The molecule has 0 spiro atoms. The van der Waals surface area contributed by atoms with Crippen molar-refractivity contribution < 1.29 is 19.1 Å². The van der Waals surface area contributed by atoms with Crippen LogP contribution in [-0.4, -0.2) is 44.0 Å². The van der Waals surface area contributed by atoms with Crippen molar-refractivity contribution >= 4 is 17.9 Å². The summed E-state index contributed by atoms with van der Waals surface area (Å²) in [7, 11) is 3.20. The Morgan fingerprint density at radius 2 is 1.67 bits per heavy atom. The number of benzene rings is 2. The molecule has 1 fully saturated rings. The molecule has 0 unspecified atom stereocenters. The van der Waals surface area contributed by atoms with E-state index in [1.165, 1.54) is 0 Å². The van der Waals surface area contributed by atoms with E-state index in [2.05, 4.69) is 5.32 Å². The molecule has 3 rings (SSSR count). The number of hydrogen-bond acceptors (Lipinski definition) is 4. The zero-order valence-electron chi connectivity index (χ0n) is 17.5. The van der Waals surface area contributed by atoms with E-state index in [0.717, 1.165) is 11.1 Å². The molecule has 1 aliphatic rings. The number of nitrogens with one attached hydrogen (secondary N) is 1. The average molecular weight is 408 g/mol. The first-order valence-corrected chi connectivity index (χ1v) is 10.1. The van der Waals surface area contributed by atoms with Crippen LogP contribution in [-0.2, 0) is 16.1 Å². The molecule has 1 aliphatic heterocycles. The second-order valence-electron chi connectivity index (χ2n) is 7.28. The lowest BCUT2D eigenvalue weighted by Gasteiger charge is -2.30. The van der Waals surface area contributed by atoms with Gasteiger partial charge in [0.05, 0.1) is 14.2 Å². The van der Waals surface area contributed by atoms with Gasteiger partial charge in [0.1, 0.15) is 11.5 Å². The Bertz CT molecular complexity index is 865. The van der Waals surface area contributed by atoms with Gasteiger partial charge in [-0.2, -0.15) is 0 Å². The largest absolute Gasteiger partial charge is 0.497 e. The number of likely N-dealkylation sites (tertiary alicyclic amines) is 1. The summed E-state index contributed by atoms with van der Waals surface area (Å²) in [5.41, 5.74) is 1.91. The molecule has 2 amide bonds. The third kappa shape index (κ3) is 5.86. The second kappa shape index (κ2) is 10.5. The van der Waals surface area contributed by atoms with Crippen molar-refractivity contribution in [2.75, 3.05) is 27.3 Å². The summed E-state index contributed by atoms with van der Waals surface area (Å²) < 4.78 is 10.5. The number of hydrogen-bond donors (Lipinski definition) is 1. The summed E-state index contributed by atoms with van der Waals surface area (Å²) in [6.07, 6.45) is 4.76. The highest BCUT2D eigenvalue weighted by Crippen LogP contribution is 2.23. The van der Waals surface area contributed by atoms with E-state index in [9.17, 15) is 9.59 Å². The van der Waals surface area contributed by atoms with Crippen molar-refractivity contribution in [1.29, 1.82) is 0 Å². The number of carbonyl (C=O) groups excluding carboxylic acids is 2. The molecule has 1 N–H and O–H groups in total. The van der Waals surface area contributed by atoms with Gasteiger partial charge in [0.2, 0.25) is 11.8 Å². The van der Waals surface area contributed by atoms with E-state index in [1.54, 1.807) is 31.3 Å². The monoisotopic (exact) mass is 408 g/mol. The lowest BCUT2D eigenvalue weighted by molar-refractivity contribution is -0.132. The molecule has 2 aromatic carbocycles. The number of carbonyl (C=O) groups is 2. The molecule has 0 aliphatic carbocycles. The topological polar surface area (TPSA) is 67.9 Å². The van der Waals surface area contributed by atoms with E-state index in [0.29, 0.717) is 44.0 Å². The van der Waals surface area contributed by atoms with Crippen LogP contribution in [0.3, 0.4) is 0 Å². The molecule has 0 atom stereocenters. The minimum Gasteiger partial charge on any atom is -0.497 e. The Kier molecular flexibility index (Phi) is 7.49. The van der Waals surface area contributed by atoms with Crippen molar-refractivity contribution in [1.82, 2.24) is 10.2 Å². The third-order valence-corrected chi connectivity index (χ3v) is 5.27. The van der Waals surface area contributed by atoms with Crippen LogP contribution in [0.5, 0.6) is 11.5 Å². The first-order valence-electron chi connectivity index (χ1n) is 10.1. The minimum atomic E-state index is -0.0837. The van der Waals surface area contributed by atoms with Gasteiger partial charge < -0.3 is 19.7 Å². The summed E-state index contributed by atoms with van der Waals surface area (Å²) in [5, 5.41) is 2.99. The van der Waals surface area contributed by atoms with Crippen LogP contribution >= 0.6 is 0 Å². The highest BCUT2D eigenvalue weighted by atomic mass is 16.5. The smallest absolute Gasteiger partial charge is 0.246 e. The average Bonchev–Trinajstić information content (AvgIpc) is 2.81. The van der Waals surface area contributed by atoms with Gasteiger partial charge in [-0.25, -0.2) is 0 Å². The van der Waals surface area contributed by atoms with Crippen LogP contribution in [0.2, 0.25) is 0 Å². The van der Waals surface area contributed by atoms with Gasteiger partial charge in [-0.05, 0) is 42.2 Å². The zero-order chi connectivity index (χ0) is 21.3. The summed E-state index contributed by atoms with van der Waals surface area (Å²) in [5.74, 6) is 1.30. The predicted molar refractivity (Wildman–Crippen MR) is 116 cm³/mol. The normalized spacial score (nSPS) is 14.5. The van der Waals surface area contributed by atoms with E-state index < -0.39 is 0 Å². The van der Waals surface area contributed by atoms with Crippen molar-refractivity contribution in [3.8, 4) is 11.5 Å². The number of piperidine rings is 1. The Hall–Kier alpha value is -3.28. The van der Waals surface area contributed by atoms with Crippen molar-refractivity contribution in [3.05, 3.63) is 65.7 Å². The maximum Gasteiger partial charge on any atom is 0.246 e. The molecule has 1 saturated heterocycles. The minimum absolute atomic E-state index is 0.0128. The predicted octanol–water partition coefficient (Wildman–Crippen LogP) is 3.27. The number of methoxy groups -OCH3 is 2. The molecule has 0 bridgehead atoms.